The van der Waals surface area contributed by atoms with Crippen molar-refractivity contribution < 1.29 is 4.84 Å². The van der Waals surface area contributed by atoms with Crippen molar-refractivity contribution in [1.29, 1.82) is 0 Å². The van der Waals surface area contributed by atoms with Crippen LogP contribution in [-0.4, -0.2) is 21.7 Å². The Morgan fingerprint density at radius 3 is 2.62 bits per heavy atom. The van der Waals surface area contributed by atoms with Gasteiger partial charge in [-0.15, -0.1) is 0 Å². The van der Waals surface area contributed by atoms with Crippen LogP contribution < -0.4 is 0 Å². The molecular weight excluding hydrogens is 369 g/mol. The van der Waals surface area contributed by atoms with Crippen LogP contribution in [0.25, 0.3) is 0 Å². The highest BCUT2D eigenvalue weighted by Gasteiger charge is 2.47. The van der Waals surface area contributed by atoms with E-state index in [0.717, 1.165) is 27.6 Å². The number of hydrogen-bond donors (Lipinski definition) is 0. The largest absolute Gasteiger partial charge is 0.335 e. The predicted octanol–water partition coefficient (Wildman–Crippen LogP) is 5.09. The van der Waals surface area contributed by atoms with Crippen LogP contribution in [0, 0.1) is 0 Å². The van der Waals surface area contributed by atoms with Gasteiger partial charge in [-0.1, -0.05) is 53.5 Å². The highest BCUT2D eigenvalue weighted by molar-refractivity contribution is 6.31. The molecule has 4 nitrogen and oxygen atoms in total. The van der Waals surface area contributed by atoms with Crippen LogP contribution in [0.3, 0.4) is 0 Å². The molecule has 0 saturated carbocycles. The summed E-state index contributed by atoms with van der Waals surface area (Å²) in [6.07, 6.45) is 6.24. The van der Waals surface area contributed by atoms with Crippen molar-refractivity contribution in [1.82, 2.24) is 14.6 Å². The topological polar surface area (TPSA) is 30.3 Å². The van der Waals surface area contributed by atoms with Crippen molar-refractivity contribution >= 4 is 23.2 Å². The molecule has 4 rings (SSSR count). The van der Waals surface area contributed by atoms with Gasteiger partial charge < -0.3 is 4.57 Å². The lowest BCUT2D eigenvalue weighted by atomic mass is 9.83. The molecule has 0 spiro atoms. The highest BCUT2D eigenvalue weighted by atomic mass is 35.5. The lowest BCUT2D eigenvalue weighted by Gasteiger charge is -2.34. The zero-order valence-corrected chi connectivity index (χ0v) is 15.9. The Kier molecular flexibility index (Phi) is 4.76. The Labute approximate surface area is 162 Å². The van der Waals surface area contributed by atoms with Crippen LogP contribution in [0.1, 0.15) is 23.7 Å². The number of benzene rings is 2. The number of aromatic nitrogens is 2. The minimum atomic E-state index is -0.352. The fourth-order valence-corrected chi connectivity index (χ4v) is 4.05. The van der Waals surface area contributed by atoms with E-state index in [1.807, 2.05) is 61.0 Å². The van der Waals surface area contributed by atoms with Gasteiger partial charge in [0, 0.05) is 48.0 Å². The fraction of sp³-hybridized carbons (Fsp3) is 0.250. The summed E-state index contributed by atoms with van der Waals surface area (Å²) >= 11 is 12.5. The number of imidazole rings is 1. The van der Waals surface area contributed by atoms with E-state index in [2.05, 4.69) is 21.7 Å². The number of likely N-dealkylation sites (N-methyl/N-ethyl adjacent to an activating group) is 1. The summed E-state index contributed by atoms with van der Waals surface area (Å²) in [5, 5.41) is 3.39. The van der Waals surface area contributed by atoms with Crippen molar-refractivity contribution in [3.63, 3.8) is 0 Å². The Bertz CT molecular complexity index is 882. The van der Waals surface area contributed by atoms with Crippen LogP contribution in [0.4, 0.5) is 0 Å². The molecule has 0 bridgehead atoms. The number of rotatable bonds is 4. The van der Waals surface area contributed by atoms with Gasteiger partial charge in [0.05, 0.1) is 11.9 Å². The molecule has 2 aromatic carbocycles. The Hall–Kier alpha value is -1.85. The molecule has 2 heterocycles. The molecule has 26 heavy (non-hydrogen) atoms. The molecule has 0 aliphatic carbocycles. The van der Waals surface area contributed by atoms with E-state index in [9.17, 15) is 0 Å². The standard InChI is InChI=1S/C20H19Cl2N3O/c1-24-20(13-25-11-10-23-14-25,15-6-8-16(21)9-7-15)12-19(26-24)17-4-2-3-5-18(17)22/h2-11,14,19H,12-13H2,1H3/t19-,20-/m1/s1. The quantitative estimate of drug-likeness (QED) is 0.624. The molecule has 0 amide bonds. The number of hydrogen-bond acceptors (Lipinski definition) is 3. The third-order valence-electron chi connectivity index (χ3n) is 5.05. The maximum atomic E-state index is 6.42. The number of hydroxylamine groups is 2. The normalized spacial score (nSPS) is 23.4. The van der Waals surface area contributed by atoms with Gasteiger partial charge in [-0.2, -0.15) is 5.06 Å². The summed E-state index contributed by atoms with van der Waals surface area (Å²) < 4.78 is 2.07. The van der Waals surface area contributed by atoms with Crippen LogP contribution >= 0.6 is 23.2 Å². The summed E-state index contributed by atoms with van der Waals surface area (Å²) in [7, 11) is 1.97. The molecule has 134 valence electrons. The molecule has 1 aromatic heterocycles. The minimum absolute atomic E-state index is 0.118. The molecule has 1 aliphatic rings. The first-order valence-electron chi connectivity index (χ1n) is 8.45. The van der Waals surface area contributed by atoms with Crippen LogP contribution in [0.5, 0.6) is 0 Å². The van der Waals surface area contributed by atoms with Crippen molar-refractivity contribution in [3.05, 3.63) is 88.4 Å². The second-order valence-electron chi connectivity index (χ2n) is 6.59. The van der Waals surface area contributed by atoms with Gasteiger partial charge in [0.2, 0.25) is 0 Å². The van der Waals surface area contributed by atoms with E-state index in [0.29, 0.717) is 6.54 Å². The highest BCUT2D eigenvalue weighted by Crippen LogP contribution is 2.48. The molecular formula is C20H19Cl2N3O. The average molecular weight is 388 g/mol. The van der Waals surface area contributed by atoms with E-state index in [-0.39, 0.29) is 11.6 Å². The van der Waals surface area contributed by atoms with Crippen LogP contribution in [-0.2, 0) is 16.9 Å². The van der Waals surface area contributed by atoms with Crippen molar-refractivity contribution in [2.45, 2.75) is 24.6 Å². The third-order valence-corrected chi connectivity index (χ3v) is 5.64. The maximum Gasteiger partial charge on any atom is 0.108 e. The summed E-state index contributed by atoms with van der Waals surface area (Å²) in [6, 6.07) is 15.8. The van der Waals surface area contributed by atoms with Gasteiger partial charge in [-0.3, -0.25) is 4.84 Å². The molecule has 6 heteroatoms. The van der Waals surface area contributed by atoms with Gasteiger partial charge in [0.1, 0.15) is 6.10 Å². The van der Waals surface area contributed by atoms with Crippen LogP contribution in [0.2, 0.25) is 10.0 Å². The average Bonchev–Trinajstić information content (AvgIpc) is 3.25. The summed E-state index contributed by atoms with van der Waals surface area (Å²) in [6.45, 7) is 0.714. The zero-order chi connectivity index (χ0) is 18.1. The lowest BCUT2D eigenvalue weighted by molar-refractivity contribution is -0.176. The first kappa shape index (κ1) is 17.6. The number of nitrogens with zero attached hydrogens (tertiary/aromatic N) is 3. The third kappa shape index (κ3) is 3.14. The summed E-state index contributed by atoms with van der Waals surface area (Å²) in [5.41, 5.74) is 1.80. The van der Waals surface area contributed by atoms with Gasteiger partial charge in [0.25, 0.3) is 0 Å². The van der Waals surface area contributed by atoms with Crippen molar-refractivity contribution in [2.75, 3.05) is 7.05 Å². The molecule has 3 aromatic rings. The molecule has 1 saturated heterocycles. The smallest absolute Gasteiger partial charge is 0.108 e. The van der Waals surface area contributed by atoms with E-state index in [1.54, 1.807) is 6.20 Å². The molecule has 1 fully saturated rings. The van der Waals surface area contributed by atoms with Gasteiger partial charge in [-0.25, -0.2) is 4.98 Å². The first-order valence-corrected chi connectivity index (χ1v) is 9.21. The molecule has 0 N–H and O–H groups in total. The Balaban J connectivity index is 1.75. The first-order chi connectivity index (χ1) is 12.6. The molecule has 2 atom stereocenters. The van der Waals surface area contributed by atoms with Gasteiger partial charge in [-0.05, 0) is 23.8 Å². The summed E-state index contributed by atoms with van der Waals surface area (Å²) in [5.74, 6) is 0. The van der Waals surface area contributed by atoms with Gasteiger partial charge in [0.15, 0.2) is 0 Å². The second-order valence-corrected chi connectivity index (χ2v) is 7.43. The summed E-state index contributed by atoms with van der Waals surface area (Å²) in [4.78, 5) is 10.4. The monoisotopic (exact) mass is 387 g/mol. The second kappa shape index (κ2) is 7.05. The SMILES string of the molecule is CN1O[C@@H](c2ccccc2Cl)C[C@@]1(Cn1ccnc1)c1ccc(Cl)cc1. The van der Waals surface area contributed by atoms with E-state index in [4.69, 9.17) is 28.0 Å². The number of halogens is 2. The Morgan fingerprint density at radius 1 is 1.15 bits per heavy atom. The minimum Gasteiger partial charge on any atom is -0.335 e. The lowest BCUT2D eigenvalue weighted by Crippen LogP contribution is -2.41. The van der Waals surface area contributed by atoms with Crippen molar-refractivity contribution in [2.24, 2.45) is 0 Å². The molecule has 0 unspecified atom stereocenters. The molecule has 1 aliphatic heterocycles. The van der Waals surface area contributed by atoms with E-state index in [1.165, 1.54) is 0 Å². The Morgan fingerprint density at radius 2 is 1.92 bits per heavy atom. The predicted molar refractivity (Wildman–Crippen MR) is 103 cm³/mol. The van der Waals surface area contributed by atoms with Crippen LogP contribution in [0.15, 0.2) is 67.3 Å². The zero-order valence-electron chi connectivity index (χ0n) is 14.3. The fourth-order valence-electron chi connectivity index (χ4n) is 3.66. The van der Waals surface area contributed by atoms with Gasteiger partial charge >= 0.3 is 0 Å². The molecule has 0 radical (unpaired) electrons. The van der Waals surface area contributed by atoms with E-state index < -0.39 is 0 Å². The van der Waals surface area contributed by atoms with E-state index >= 15 is 0 Å². The van der Waals surface area contributed by atoms with Crippen molar-refractivity contribution in [3.8, 4) is 0 Å². The maximum absolute atomic E-state index is 6.42.